The lowest BCUT2D eigenvalue weighted by molar-refractivity contribution is 0.0378. The fraction of sp³-hybridized carbons (Fsp3) is 0.500. The zero-order valence-corrected chi connectivity index (χ0v) is 12.7. The van der Waals surface area contributed by atoms with Gasteiger partial charge in [-0.15, -0.1) is 0 Å². The Labute approximate surface area is 121 Å². The number of hydrogen-bond donors (Lipinski definition) is 2. The fourth-order valence-corrected chi connectivity index (χ4v) is 1.81. The minimum Gasteiger partial charge on any atom is -0.459 e. The van der Waals surface area contributed by atoms with Gasteiger partial charge in [0.2, 0.25) is 0 Å². The third-order valence-corrected chi connectivity index (χ3v) is 2.53. The number of rotatable bonds is 4. The van der Waals surface area contributed by atoms with Crippen LogP contribution in [0.15, 0.2) is 18.2 Å². The molecule has 0 saturated heterocycles. The second-order valence-electron chi connectivity index (χ2n) is 6.18. The first-order valence-corrected chi connectivity index (χ1v) is 6.67. The van der Waals surface area contributed by atoms with Crippen LogP contribution in [0.4, 0.5) is 0 Å². The van der Waals surface area contributed by atoms with Crippen molar-refractivity contribution in [2.24, 2.45) is 0 Å². The standard InChI is InChI=1S/C14H21B2O4/c1-9(2)20-13(17)10-6-7-12(16(18)19)11(8-10)15-14(3,4)5/h6-9,18-19H,1-5H3. The summed E-state index contributed by atoms with van der Waals surface area (Å²) in [5.41, 5.74) is 1.41. The summed E-state index contributed by atoms with van der Waals surface area (Å²) in [5, 5.41) is 18.6. The molecule has 4 nitrogen and oxygen atoms in total. The number of hydrogen-bond acceptors (Lipinski definition) is 4. The molecule has 1 aromatic rings. The van der Waals surface area contributed by atoms with Crippen LogP contribution in [-0.2, 0) is 4.74 Å². The summed E-state index contributed by atoms with van der Waals surface area (Å²) in [6.45, 7) is 9.57. The molecule has 1 aromatic carbocycles. The molecule has 0 heterocycles. The first-order valence-electron chi connectivity index (χ1n) is 6.67. The van der Waals surface area contributed by atoms with Crippen LogP contribution in [0.3, 0.4) is 0 Å². The highest BCUT2D eigenvalue weighted by atomic mass is 16.5. The Morgan fingerprint density at radius 3 is 2.35 bits per heavy atom. The Morgan fingerprint density at radius 1 is 1.30 bits per heavy atom. The van der Waals surface area contributed by atoms with E-state index in [1.807, 2.05) is 28.1 Å². The van der Waals surface area contributed by atoms with Crippen molar-refractivity contribution in [3.8, 4) is 0 Å². The molecule has 0 atom stereocenters. The van der Waals surface area contributed by atoms with Crippen molar-refractivity contribution < 1.29 is 19.6 Å². The number of ether oxygens (including phenoxy) is 1. The number of carbonyl (C=O) groups is 1. The molecule has 2 N–H and O–H groups in total. The van der Waals surface area contributed by atoms with E-state index in [1.54, 1.807) is 32.0 Å². The molecule has 20 heavy (non-hydrogen) atoms. The van der Waals surface area contributed by atoms with E-state index < -0.39 is 13.1 Å². The predicted molar refractivity (Wildman–Crippen MR) is 81.9 cm³/mol. The molecule has 0 fully saturated rings. The lowest BCUT2D eigenvalue weighted by atomic mass is 9.48. The summed E-state index contributed by atoms with van der Waals surface area (Å²) in [6, 6.07) is 4.71. The summed E-state index contributed by atoms with van der Waals surface area (Å²) < 4.78 is 5.14. The largest absolute Gasteiger partial charge is 0.487 e. The van der Waals surface area contributed by atoms with E-state index in [2.05, 4.69) is 0 Å². The van der Waals surface area contributed by atoms with Crippen LogP contribution in [0.25, 0.3) is 0 Å². The van der Waals surface area contributed by atoms with Crippen molar-refractivity contribution in [2.75, 3.05) is 0 Å². The molecule has 6 heteroatoms. The number of esters is 1. The zero-order chi connectivity index (χ0) is 15.5. The van der Waals surface area contributed by atoms with E-state index in [1.165, 1.54) is 0 Å². The minimum atomic E-state index is -1.57. The topological polar surface area (TPSA) is 66.8 Å². The second-order valence-corrected chi connectivity index (χ2v) is 6.18. The summed E-state index contributed by atoms with van der Waals surface area (Å²) in [4.78, 5) is 11.9. The smallest absolute Gasteiger partial charge is 0.459 e. The van der Waals surface area contributed by atoms with Crippen LogP contribution in [0.1, 0.15) is 45.0 Å². The van der Waals surface area contributed by atoms with Gasteiger partial charge in [0, 0.05) is 0 Å². The van der Waals surface area contributed by atoms with Crippen molar-refractivity contribution in [1.29, 1.82) is 0 Å². The molecule has 0 aliphatic heterocycles. The quantitative estimate of drug-likeness (QED) is 0.619. The SMILES string of the molecule is CC(C)OC(=O)c1ccc(B(O)O)c([B]C(C)(C)C)c1. The molecule has 0 aromatic heterocycles. The molecule has 0 amide bonds. The van der Waals surface area contributed by atoms with E-state index in [0.717, 1.165) is 0 Å². The minimum absolute atomic E-state index is 0.149. The Balaban J connectivity index is 3.13. The van der Waals surface area contributed by atoms with Gasteiger partial charge in [-0.1, -0.05) is 43.7 Å². The van der Waals surface area contributed by atoms with Crippen LogP contribution >= 0.6 is 0 Å². The molecule has 1 rings (SSSR count). The first kappa shape index (κ1) is 16.8. The maximum Gasteiger partial charge on any atom is 0.487 e. The number of carbonyl (C=O) groups excluding carboxylic acids is 1. The molecule has 0 aliphatic rings. The Hall–Kier alpha value is -1.26. The third kappa shape index (κ3) is 5.02. The van der Waals surface area contributed by atoms with Gasteiger partial charge in [-0.25, -0.2) is 4.79 Å². The summed E-state index contributed by atoms with van der Waals surface area (Å²) >= 11 is 0. The lowest BCUT2D eigenvalue weighted by Gasteiger charge is -2.20. The maximum atomic E-state index is 11.9. The Morgan fingerprint density at radius 2 is 1.90 bits per heavy atom. The van der Waals surface area contributed by atoms with Crippen molar-refractivity contribution in [3.63, 3.8) is 0 Å². The van der Waals surface area contributed by atoms with Crippen LogP contribution < -0.4 is 10.9 Å². The van der Waals surface area contributed by atoms with Gasteiger partial charge in [0.25, 0.3) is 0 Å². The van der Waals surface area contributed by atoms with E-state index >= 15 is 0 Å². The normalized spacial score (nSPS) is 11.4. The first-order chi connectivity index (χ1) is 9.10. The zero-order valence-electron chi connectivity index (χ0n) is 12.7. The molecule has 0 bridgehead atoms. The highest BCUT2D eigenvalue weighted by molar-refractivity contribution is 6.70. The summed E-state index contributed by atoms with van der Waals surface area (Å²) in [5.74, 6) is -0.414. The number of benzene rings is 1. The van der Waals surface area contributed by atoms with Crippen LogP contribution in [0.2, 0.25) is 5.31 Å². The van der Waals surface area contributed by atoms with Gasteiger partial charge < -0.3 is 14.8 Å². The third-order valence-electron chi connectivity index (χ3n) is 2.53. The molecule has 0 saturated carbocycles. The van der Waals surface area contributed by atoms with Crippen molar-refractivity contribution in [1.82, 2.24) is 0 Å². The summed E-state index contributed by atoms with van der Waals surface area (Å²) in [7, 11) is 0.326. The molecular formula is C14H21B2O4. The van der Waals surface area contributed by atoms with E-state index in [-0.39, 0.29) is 11.4 Å². The molecular weight excluding hydrogens is 254 g/mol. The molecule has 107 valence electrons. The Bertz CT molecular complexity index is 479. The maximum absolute atomic E-state index is 11.9. The molecule has 0 spiro atoms. The monoisotopic (exact) mass is 275 g/mol. The van der Waals surface area contributed by atoms with E-state index in [9.17, 15) is 14.8 Å². The average molecular weight is 275 g/mol. The van der Waals surface area contributed by atoms with Gasteiger partial charge in [-0.3, -0.25) is 0 Å². The predicted octanol–water partition coefficient (Wildman–Crippen LogP) is 0.479. The van der Waals surface area contributed by atoms with Crippen molar-refractivity contribution in [2.45, 2.75) is 46.0 Å². The van der Waals surface area contributed by atoms with Crippen molar-refractivity contribution >= 4 is 31.3 Å². The van der Waals surface area contributed by atoms with Crippen LogP contribution in [-0.4, -0.2) is 36.5 Å². The van der Waals surface area contributed by atoms with Gasteiger partial charge in [-0.05, 0) is 25.4 Å². The van der Waals surface area contributed by atoms with Gasteiger partial charge in [0.15, 0.2) is 7.28 Å². The van der Waals surface area contributed by atoms with Crippen LogP contribution in [0, 0.1) is 0 Å². The highest BCUT2D eigenvalue weighted by Crippen LogP contribution is 2.19. The van der Waals surface area contributed by atoms with Gasteiger partial charge >= 0.3 is 13.1 Å². The van der Waals surface area contributed by atoms with Gasteiger partial charge in [0.1, 0.15) is 0 Å². The Kier molecular flexibility index (Phi) is 5.42. The van der Waals surface area contributed by atoms with Gasteiger partial charge in [-0.2, -0.15) is 0 Å². The van der Waals surface area contributed by atoms with Crippen molar-refractivity contribution in [3.05, 3.63) is 23.8 Å². The lowest BCUT2D eigenvalue weighted by Crippen LogP contribution is -2.46. The second kappa shape index (κ2) is 6.46. The van der Waals surface area contributed by atoms with Crippen LogP contribution in [0.5, 0.6) is 0 Å². The van der Waals surface area contributed by atoms with E-state index in [4.69, 9.17) is 4.74 Å². The van der Waals surface area contributed by atoms with Gasteiger partial charge in [0.05, 0.1) is 11.7 Å². The average Bonchev–Trinajstić information content (AvgIpc) is 2.25. The summed E-state index contributed by atoms with van der Waals surface area (Å²) in [6.07, 6.45) is -0.194. The molecule has 1 radical (unpaired) electrons. The highest BCUT2D eigenvalue weighted by Gasteiger charge is 2.23. The van der Waals surface area contributed by atoms with E-state index in [0.29, 0.717) is 16.5 Å². The molecule has 0 aliphatic carbocycles. The fourth-order valence-electron chi connectivity index (χ4n) is 1.81. The molecule has 0 unspecified atom stereocenters.